The molecule has 0 saturated carbocycles. The van der Waals surface area contributed by atoms with Crippen LogP contribution in [0.2, 0.25) is 0 Å². The molecule has 20 heavy (non-hydrogen) atoms. The minimum atomic E-state index is -1.06. The standard InChI is InChI=1S/C13H14N4O3/c1-3-10-9(7-17(2)16-10)12(18)15-11-5-4-8(6-14-11)13(19)20/h4-7H,3H2,1-2H3,(H,19,20)(H,14,15,18). The van der Waals surface area contributed by atoms with Crippen LogP contribution in [0.3, 0.4) is 0 Å². The molecule has 0 aromatic carbocycles. The van der Waals surface area contributed by atoms with Crippen molar-refractivity contribution in [2.24, 2.45) is 7.05 Å². The molecule has 0 aliphatic heterocycles. The molecular weight excluding hydrogens is 260 g/mol. The number of aromatic carboxylic acids is 1. The second kappa shape index (κ2) is 5.52. The van der Waals surface area contributed by atoms with E-state index in [1.165, 1.54) is 18.3 Å². The van der Waals surface area contributed by atoms with Gasteiger partial charge in [-0.2, -0.15) is 5.10 Å². The molecule has 2 aromatic heterocycles. The summed E-state index contributed by atoms with van der Waals surface area (Å²) >= 11 is 0. The number of nitrogens with one attached hydrogen (secondary N) is 1. The minimum Gasteiger partial charge on any atom is -0.478 e. The van der Waals surface area contributed by atoms with E-state index in [1.54, 1.807) is 17.9 Å². The Morgan fingerprint density at radius 3 is 2.70 bits per heavy atom. The Morgan fingerprint density at radius 2 is 2.15 bits per heavy atom. The molecule has 0 aliphatic carbocycles. The largest absolute Gasteiger partial charge is 0.478 e. The van der Waals surface area contributed by atoms with E-state index in [9.17, 15) is 9.59 Å². The molecule has 104 valence electrons. The van der Waals surface area contributed by atoms with Gasteiger partial charge >= 0.3 is 5.97 Å². The lowest BCUT2D eigenvalue weighted by molar-refractivity contribution is 0.0696. The second-order valence-electron chi connectivity index (χ2n) is 4.21. The number of hydrogen-bond donors (Lipinski definition) is 2. The van der Waals surface area contributed by atoms with Gasteiger partial charge in [0.05, 0.1) is 16.8 Å². The average Bonchev–Trinajstić information content (AvgIpc) is 2.80. The second-order valence-corrected chi connectivity index (χ2v) is 4.21. The Kier molecular flexibility index (Phi) is 3.79. The number of nitrogens with zero attached hydrogens (tertiary/aromatic N) is 3. The van der Waals surface area contributed by atoms with E-state index in [4.69, 9.17) is 5.11 Å². The summed E-state index contributed by atoms with van der Waals surface area (Å²) in [5.41, 5.74) is 1.25. The van der Waals surface area contributed by atoms with E-state index < -0.39 is 5.97 Å². The zero-order valence-corrected chi connectivity index (χ0v) is 11.1. The molecule has 2 heterocycles. The molecule has 2 rings (SSSR count). The van der Waals surface area contributed by atoms with Crippen LogP contribution in [-0.2, 0) is 13.5 Å². The summed E-state index contributed by atoms with van der Waals surface area (Å²) < 4.78 is 1.58. The fourth-order valence-electron chi connectivity index (χ4n) is 1.76. The molecule has 1 amide bonds. The van der Waals surface area contributed by atoms with Crippen molar-refractivity contribution < 1.29 is 14.7 Å². The van der Waals surface area contributed by atoms with Crippen molar-refractivity contribution in [1.82, 2.24) is 14.8 Å². The summed E-state index contributed by atoms with van der Waals surface area (Å²) in [7, 11) is 1.75. The quantitative estimate of drug-likeness (QED) is 0.876. The van der Waals surface area contributed by atoms with E-state index in [2.05, 4.69) is 15.4 Å². The number of carboxylic acid groups (broad SMARTS) is 1. The molecule has 7 nitrogen and oxygen atoms in total. The third kappa shape index (κ3) is 2.82. The highest BCUT2D eigenvalue weighted by Crippen LogP contribution is 2.11. The first-order chi connectivity index (χ1) is 9.51. The van der Waals surface area contributed by atoms with Gasteiger partial charge in [-0.05, 0) is 18.6 Å². The van der Waals surface area contributed by atoms with Crippen molar-refractivity contribution in [3.8, 4) is 0 Å². The topological polar surface area (TPSA) is 97.1 Å². The van der Waals surface area contributed by atoms with E-state index in [0.29, 0.717) is 23.5 Å². The van der Waals surface area contributed by atoms with Crippen LogP contribution in [0.15, 0.2) is 24.5 Å². The van der Waals surface area contributed by atoms with Gasteiger partial charge in [-0.25, -0.2) is 9.78 Å². The summed E-state index contributed by atoms with van der Waals surface area (Å²) in [4.78, 5) is 26.7. The van der Waals surface area contributed by atoms with Crippen LogP contribution in [0.1, 0.15) is 33.3 Å². The van der Waals surface area contributed by atoms with E-state index >= 15 is 0 Å². The van der Waals surface area contributed by atoms with Gasteiger partial charge in [0.2, 0.25) is 0 Å². The third-order valence-electron chi connectivity index (χ3n) is 2.74. The number of aromatic nitrogens is 3. The number of amides is 1. The molecular formula is C13H14N4O3. The summed E-state index contributed by atoms with van der Waals surface area (Å²) in [5.74, 6) is -1.08. The molecule has 0 unspecified atom stereocenters. The summed E-state index contributed by atoms with van der Waals surface area (Å²) in [6.07, 6.45) is 3.48. The van der Waals surface area contributed by atoms with Crippen LogP contribution in [0, 0.1) is 0 Å². The molecule has 2 N–H and O–H groups in total. The number of pyridine rings is 1. The Hall–Kier alpha value is -2.70. The lowest BCUT2D eigenvalue weighted by Crippen LogP contribution is -2.14. The number of hydrogen-bond acceptors (Lipinski definition) is 4. The normalized spacial score (nSPS) is 10.3. The Labute approximate surface area is 115 Å². The maximum absolute atomic E-state index is 12.1. The van der Waals surface area contributed by atoms with E-state index in [1.807, 2.05) is 6.92 Å². The van der Waals surface area contributed by atoms with Crippen molar-refractivity contribution in [2.45, 2.75) is 13.3 Å². The summed E-state index contributed by atoms with van der Waals surface area (Å²) in [5, 5.41) is 15.6. The number of aryl methyl sites for hydroxylation is 2. The van der Waals surface area contributed by atoms with Crippen molar-refractivity contribution in [3.05, 3.63) is 41.3 Å². The minimum absolute atomic E-state index is 0.0682. The van der Waals surface area contributed by atoms with Crippen LogP contribution in [0.25, 0.3) is 0 Å². The van der Waals surface area contributed by atoms with Crippen molar-refractivity contribution in [2.75, 3.05) is 5.32 Å². The predicted octanol–water partition coefficient (Wildman–Crippen LogP) is 1.33. The maximum atomic E-state index is 12.1. The first kappa shape index (κ1) is 13.7. The van der Waals surface area contributed by atoms with Crippen LogP contribution in [-0.4, -0.2) is 31.7 Å². The molecule has 0 fully saturated rings. The summed E-state index contributed by atoms with van der Waals surface area (Å²) in [6.45, 7) is 1.92. The number of anilines is 1. The van der Waals surface area contributed by atoms with Crippen molar-refractivity contribution in [1.29, 1.82) is 0 Å². The third-order valence-corrected chi connectivity index (χ3v) is 2.74. The molecule has 0 atom stereocenters. The van der Waals surface area contributed by atoms with Gasteiger partial charge in [0, 0.05) is 19.4 Å². The lowest BCUT2D eigenvalue weighted by atomic mass is 10.2. The van der Waals surface area contributed by atoms with Crippen LogP contribution in [0.5, 0.6) is 0 Å². The van der Waals surface area contributed by atoms with Crippen molar-refractivity contribution in [3.63, 3.8) is 0 Å². The maximum Gasteiger partial charge on any atom is 0.337 e. The molecule has 0 spiro atoms. The monoisotopic (exact) mass is 274 g/mol. The average molecular weight is 274 g/mol. The van der Waals surface area contributed by atoms with E-state index in [0.717, 1.165) is 0 Å². The Morgan fingerprint density at radius 1 is 1.40 bits per heavy atom. The van der Waals surface area contributed by atoms with Crippen LogP contribution < -0.4 is 5.32 Å². The fraction of sp³-hybridized carbons (Fsp3) is 0.231. The van der Waals surface area contributed by atoms with Crippen molar-refractivity contribution >= 4 is 17.7 Å². The molecule has 0 saturated heterocycles. The lowest BCUT2D eigenvalue weighted by Gasteiger charge is -2.04. The van der Waals surface area contributed by atoms with E-state index in [-0.39, 0.29) is 11.5 Å². The van der Waals surface area contributed by atoms with Crippen LogP contribution >= 0.6 is 0 Å². The van der Waals surface area contributed by atoms with Gasteiger partial charge in [-0.1, -0.05) is 6.92 Å². The molecule has 0 radical (unpaired) electrons. The van der Waals surface area contributed by atoms with Crippen LogP contribution in [0.4, 0.5) is 5.82 Å². The number of carbonyl (C=O) groups excluding carboxylic acids is 1. The number of carbonyl (C=O) groups is 2. The first-order valence-corrected chi connectivity index (χ1v) is 6.04. The molecule has 0 aliphatic rings. The highest BCUT2D eigenvalue weighted by atomic mass is 16.4. The van der Waals surface area contributed by atoms with Gasteiger partial charge in [-0.15, -0.1) is 0 Å². The van der Waals surface area contributed by atoms with Gasteiger partial charge in [0.25, 0.3) is 5.91 Å². The van der Waals surface area contributed by atoms with Gasteiger partial charge < -0.3 is 10.4 Å². The predicted molar refractivity (Wildman–Crippen MR) is 71.7 cm³/mol. The van der Waals surface area contributed by atoms with Gasteiger partial charge in [0.1, 0.15) is 5.82 Å². The number of rotatable bonds is 4. The first-order valence-electron chi connectivity index (χ1n) is 6.04. The Bertz CT molecular complexity index is 646. The highest BCUT2D eigenvalue weighted by Gasteiger charge is 2.15. The zero-order chi connectivity index (χ0) is 14.7. The number of carboxylic acids is 1. The smallest absolute Gasteiger partial charge is 0.337 e. The van der Waals surface area contributed by atoms with Gasteiger partial charge in [0.15, 0.2) is 0 Å². The Balaban J connectivity index is 2.16. The molecule has 2 aromatic rings. The summed E-state index contributed by atoms with van der Waals surface area (Å²) in [6, 6.07) is 2.83. The molecule has 7 heteroatoms. The van der Waals surface area contributed by atoms with Gasteiger partial charge in [-0.3, -0.25) is 9.48 Å². The SMILES string of the molecule is CCc1nn(C)cc1C(=O)Nc1ccc(C(=O)O)cn1. The fourth-order valence-corrected chi connectivity index (χ4v) is 1.76. The zero-order valence-electron chi connectivity index (χ0n) is 11.1. The molecule has 0 bridgehead atoms. The highest BCUT2D eigenvalue weighted by molar-refractivity contribution is 6.04.